The van der Waals surface area contributed by atoms with Crippen molar-refractivity contribution >= 4 is 5.91 Å². The van der Waals surface area contributed by atoms with Gasteiger partial charge in [0.25, 0.3) is 0 Å². The fraction of sp³-hybridized carbons (Fsp3) is 0.941. The van der Waals surface area contributed by atoms with Crippen LogP contribution in [0.4, 0.5) is 0 Å². The van der Waals surface area contributed by atoms with E-state index in [1.54, 1.807) is 0 Å². The Bertz CT molecular complexity index is 367. The number of piperidine rings is 1. The first-order valence-electron chi connectivity index (χ1n) is 8.84. The smallest absolute Gasteiger partial charge is 0.234 e. The molecule has 2 N–H and O–H groups in total. The SMILES string of the molecule is CC(NC(=O)CN(C)C1CCCNC1)C1CC2CCC1C2. The van der Waals surface area contributed by atoms with Crippen molar-refractivity contribution in [3.8, 4) is 0 Å². The van der Waals surface area contributed by atoms with E-state index in [-0.39, 0.29) is 5.91 Å². The van der Waals surface area contributed by atoms with Gasteiger partial charge in [0.2, 0.25) is 5.91 Å². The summed E-state index contributed by atoms with van der Waals surface area (Å²) in [5.41, 5.74) is 0. The first-order valence-corrected chi connectivity index (χ1v) is 8.84. The first-order chi connectivity index (χ1) is 10.1. The lowest BCUT2D eigenvalue weighted by Crippen LogP contribution is -2.49. The van der Waals surface area contributed by atoms with Crippen LogP contribution in [-0.4, -0.2) is 49.6 Å². The molecule has 2 aliphatic carbocycles. The first kappa shape index (κ1) is 15.3. The second-order valence-corrected chi connectivity index (χ2v) is 7.61. The minimum atomic E-state index is 0.207. The Morgan fingerprint density at radius 3 is 2.81 bits per heavy atom. The van der Waals surface area contributed by atoms with E-state index in [4.69, 9.17) is 0 Å². The topological polar surface area (TPSA) is 44.4 Å². The number of hydrogen-bond donors (Lipinski definition) is 2. The highest BCUT2D eigenvalue weighted by Gasteiger charge is 2.42. The van der Waals surface area contributed by atoms with E-state index in [2.05, 4.69) is 29.5 Å². The zero-order chi connectivity index (χ0) is 14.8. The minimum absolute atomic E-state index is 0.207. The lowest BCUT2D eigenvalue weighted by Gasteiger charge is -2.32. The van der Waals surface area contributed by atoms with Crippen molar-refractivity contribution < 1.29 is 4.79 Å². The summed E-state index contributed by atoms with van der Waals surface area (Å²) in [5, 5.41) is 6.70. The van der Waals surface area contributed by atoms with E-state index in [1.807, 2.05) is 0 Å². The van der Waals surface area contributed by atoms with E-state index in [9.17, 15) is 4.79 Å². The maximum Gasteiger partial charge on any atom is 0.234 e. The summed E-state index contributed by atoms with van der Waals surface area (Å²) in [4.78, 5) is 14.5. The molecule has 3 rings (SSSR count). The van der Waals surface area contributed by atoms with Gasteiger partial charge in [-0.3, -0.25) is 9.69 Å². The van der Waals surface area contributed by atoms with Crippen LogP contribution in [-0.2, 0) is 4.79 Å². The molecule has 1 aliphatic heterocycles. The van der Waals surface area contributed by atoms with Crippen molar-refractivity contribution in [3.63, 3.8) is 0 Å². The predicted octanol–water partition coefficient (Wildman–Crippen LogP) is 1.61. The fourth-order valence-electron chi connectivity index (χ4n) is 4.88. The number of fused-ring (bicyclic) bond motifs is 2. The number of nitrogens with zero attached hydrogens (tertiary/aromatic N) is 1. The van der Waals surface area contributed by atoms with Gasteiger partial charge in [-0.2, -0.15) is 0 Å². The van der Waals surface area contributed by atoms with Crippen molar-refractivity contribution in [1.82, 2.24) is 15.5 Å². The van der Waals surface area contributed by atoms with Crippen molar-refractivity contribution in [1.29, 1.82) is 0 Å². The largest absolute Gasteiger partial charge is 0.352 e. The number of hydrogen-bond acceptors (Lipinski definition) is 3. The molecule has 2 saturated carbocycles. The summed E-state index contributed by atoms with van der Waals surface area (Å²) in [6, 6.07) is 0.869. The number of carbonyl (C=O) groups excluding carboxylic acids is 1. The summed E-state index contributed by atoms with van der Waals surface area (Å²) >= 11 is 0. The van der Waals surface area contributed by atoms with E-state index in [0.29, 0.717) is 18.6 Å². The predicted molar refractivity (Wildman–Crippen MR) is 85.1 cm³/mol. The third kappa shape index (κ3) is 3.59. The van der Waals surface area contributed by atoms with Crippen molar-refractivity contribution in [3.05, 3.63) is 0 Å². The number of carbonyl (C=O) groups is 1. The second kappa shape index (κ2) is 6.66. The number of rotatable bonds is 5. The third-order valence-corrected chi connectivity index (χ3v) is 6.11. The van der Waals surface area contributed by atoms with Crippen molar-refractivity contribution in [2.45, 2.75) is 57.5 Å². The third-order valence-electron chi connectivity index (χ3n) is 6.11. The molecule has 0 spiro atoms. The molecule has 1 amide bonds. The van der Waals surface area contributed by atoms with Gasteiger partial charge >= 0.3 is 0 Å². The highest BCUT2D eigenvalue weighted by atomic mass is 16.2. The lowest BCUT2D eigenvalue weighted by atomic mass is 9.84. The molecule has 3 fully saturated rings. The number of likely N-dealkylation sites (N-methyl/N-ethyl adjacent to an activating group) is 1. The molecule has 5 atom stereocenters. The molecule has 1 heterocycles. The minimum Gasteiger partial charge on any atom is -0.352 e. The van der Waals surface area contributed by atoms with E-state index in [0.717, 1.165) is 30.8 Å². The van der Waals surface area contributed by atoms with Crippen LogP contribution in [0, 0.1) is 17.8 Å². The van der Waals surface area contributed by atoms with Crippen LogP contribution < -0.4 is 10.6 Å². The molecule has 1 saturated heterocycles. The number of nitrogens with one attached hydrogen (secondary N) is 2. The summed E-state index contributed by atoms with van der Waals surface area (Å²) in [5.74, 6) is 2.77. The van der Waals surface area contributed by atoms with Gasteiger partial charge in [-0.15, -0.1) is 0 Å². The molecule has 4 heteroatoms. The zero-order valence-electron chi connectivity index (χ0n) is 13.6. The molecular formula is C17H31N3O. The van der Waals surface area contributed by atoms with Crippen molar-refractivity contribution in [2.24, 2.45) is 17.8 Å². The molecule has 120 valence electrons. The Hall–Kier alpha value is -0.610. The lowest BCUT2D eigenvalue weighted by molar-refractivity contribution is -0.123. The Labute approximate surface area is 129 Å². The summed E-state index contributed by atoms with van der Waals surface area (Å²) in [6.45, 7) is 4.90. The van der Waals surface area contributed by atoms with Gasteiger partial charge in [-0.1, -0.05) is 6.42 Å². The van der Waals surface area contributed by atoms with Gasteiger partial charge in [0.05, 0.1) is 6.54 Å². The van der Waals surface area contributed by atoms with Gasteiger partial charge < -0.3 is 10.6 Å². The highest BCUT2D eigenvalue weighted by molar-refractivity contribution is 5.78. The monoisotopic (exact) mass is 293 g/mol. The molecule has 3 aliphatic rings. The van der Waals surface area contributed by atoms with Gasteiger partial charge in [0.1, 0.15) is 0 Å². The summed E-state index contributed by atoms with van der Waals surface area (Å²) < 4.78 is 0. The van der Waals surface area contributed by atoms with Crippen LogP contribution in [0.25, 0.3) is 0 Å². The molecular weight excluding hydrogens is 262 g/mol. The Morgan fingerprint density at radius 2 is 2.19 bits per heavy atom. The van der Waals surface area contributed by atoms with E-state index in [1.165, 1.54) is 38.5 Å². The van der Waals surface area contributed by atoms with E-state index >= 15 is 0 Å². The number of amides is 1. The zero-order valence-corrected chi connectivity index (χ0v) is 13.6. The normalized spacial score (nSPS) is 36.9. The quantitative estimate of drug-likeness (QED) is 0.809. The van der Waals surface area contributed by atoms with Crippen molar-refractivity contribution in [2.75, 3.05) is 26.7 Å². The molecule has 0 aromatic carbocycles. The summed E-state index contributed by atoms with van der Waals surface area (Å²) in [6.07, 6.45) is 8.01. The summed E-state index contributed by atoms with van der Waals surface area (Å²) in [7, 11) is 2.08. The maximum atomic E-state index is 12.3. The maximum absolute atomic E-state index is 12.3. The Balaban J connectivity index is 1.43. The fourth-order valence-corrected chi connectivity index (χ4v) is 4.88. The Kier molecular flexibility index (Phi) is 4.85. The standard InChI is InChI=1S/C17H31N3O/c1-12(16-9-13-5-6-14(16)8-13)19-17(21)11-20(2)15-4-3-7-18-10-15/h12-16,18H,3-11H2,1-2H3,(H,19,21). The molecule has 2 bridgehead atoms. The molecule has 4 nitrogen and oxygen atoms in total. The van der Waals surface area contributed by atoms with Crippen LogP contribution in [0.3, 0.4) is 0 Å². The van der Waals surface area contributed by atoms with Gasteiger partial charge in [-0.05, 0) is 70.4 Å². The average Bonchev–Trinajstić information content (AvgIpc) is 3.10. The Morgan fingerprint density at radius 1 is 1.33 bits per heavy atom. The molecule has 21 heavy (non-hydrogen) atoms. The average molecular weight is 293 g/mol. The van der Waals surface area contributed by atoms with Crippen LogP contribution in [0.1, 0.15) is 45.4 Å². The second-order valence-electron chi connectivity index (χ2n) is 7.61. The van der Waals surface area contributed by atoms with Crippen LogP contribution in [0.15, 0.2) is 0 Å². The van der Waals surface area contributed by atoms with Crippen LogP contribution in [0.2, 0.25) is 0 Å². The van der Waals surface area contributed by atoms with E-state index < -0.39 is 0 Å². The van der Waals surface area contributed by atoms with Gasteiger partial charge in [0.15, 0.2) is 0 Å². The molecule has 5 unspecified atom stereocenters. The molecule has 0 radical (unpaired) electrons. The van der Waals surface area contributed by atoms with Crippen LogP contribution in [0.5, 0.6) is 0 Å². The molecule has 0 aromatic heterocycles. The van der Waals surface area contributed by atoms with Gasteiger partial charge in [0, 0.05) is 18.6 Å². The van der Waals surface area contributed by atoms with Crippen LogP contribution >= 0.6 is 0 Å². The van der Waals surface area contributed by atoms with Gasteiger partial charge in [-0.25, -0.2) is 0 Å². The molecule has 0 aromatic rings. The highest BCUT2D eigenvalue weighted by Crippen LogP contribution is 2.49.